The number of hydrogen-bond donors (Lipinski definition) is 0. The molecule has 0 atom stereocenters. The van der Waals surface area contributed by atoms with Gasteiger partial charge in [-0.1, -0.05) is 0 Å². The fourth-order valence-corrected chi connectivity index (χ4v) is 0.201. The Bertz CT molecular complexity index is 63.4. The first-order valence-electron chi connectivity index (χ1n) is 2.16. The Morgan fingerprint density at radius 1 is 1.75 bits per heavy atom. The molecule has 0 N–H and O–H groups in total. The molecule has 0 aliphatic rings. The molecule has 0 bridgehead atoms. The van der Waals surface area contributed by atoms with Gasteiger partial charge >= 0.3 is 0 Å². The maximum absolute atomic E-state index is 10.1. The van der Waals surface area contributed by atoms with E-state index in [9.17, 15) is 4.79 Å². The molecule has 1 radical (unpaired) electrons. The number of carbonyl (C=O) groups is 1. The van der Waals surface area contributed by atoms with Crippen LogP contribution in [0.3, 0.4) is 0 Å². The number of ketones is 1. The second-order valence-corrected chi connectivity index (χ2v) is 1.25. The van der Waals surface area contributed by atoms with Crippen LogP contribution in [0.15, 0.2) is 0 Å². The fourth-order valence-electron chi connectivity index (χ4n) is 0.201. The summed E-state index contributed by atoms with van der Waals surface area (Å²) in [6, 6.07) is 0. The summed E-state index contributed by atoms with van der Waals surface area (Å²) >= 11 is 0. The van der Waals surface area contributed by atoms with Crippen molar-refractivity contribution in [3.8, 4) is 0 Å². The summed E-state index contributed by atoms with van der Waals surface area (Å²) < 4.78 is 4.62. The van der Waals surface area contributed by atoms with E-state index in [0.717, 1.165) is 0 Å². The van der Waals surface area contributed by atoms with E-state index in [-0.39, 0.29) is 45.1 Å². The van der Waals surface area contributed by atoms with Crippen LogP contribution in [-0.2, 0) is 42.2 Å². The molecule has 8 heavy (non-hydrogen) atoms. The summed E-state index contributed by atoms with van der Waals surface area (Å²) in [7, 11) is 0. The standard InChI is InChI=1S/C5H9O2.Y/c1-3-7-4-5(2)6;/h3H,4H2,1-2H3;/q-1;. The quantitative estimate of drug-likeness (QED) is 0.614. The number of rotatable bonds is 3. The van der Waals surface area contributed by atoms with Gasteiger partial charge in [0.25, 0.3) is 0 Å². The largest absolute Gasteiger partial charge is 0.547 e. The van der Waals surface area contributed by atoms with Crippen molar-refractivity contribution < 1.29 is 42.2 Å². The maximum Gasteiger partial charge on any atom is 0.152 e. The van der Waals surface area contributed by atoms with Crippen LogP contribution >= 0.6 is 0 Å². The van der Waals surface area contributed by atoms with Crippen LogP contribution in [0.1, 0.15) is 13.8 Å². The van der Waals surface area contributed by atoms with Crippen molar-refractivity contribution in [3.05, 3.63) is 6.61 Å². The third-order valence-corrected chi connectivity index (χ3v) is 0.453. The van der Waals surface area contributed by atoms with Crippen LogP contribution in [0.5, 0.6) is 0 Å². The Labute approximate surface area is 74.9 Å². The second kappa shape index (κ2) is 7.73. The SMILES string of the molecule is C[CH-]OCC(C)=O.[Y]. The third-order valence-electron chi connectivity index (χ3n) is 0.453. The minimum absolute atomic E-state index is 0. The Kier molecular flexibility index (Phi) is 11.1. The molecule has 0 aromatic rings. The van der Waals surface area contributed by atoms with Crippen LogP contribution in [-0.4, -0.2) is 12.4 Å². The van der Waals surface area contributed by atoms with Gasteiger partial charge in [-0.15, -0.1) is 0 Å². The molecule has 45 valence electrons. The molecule has 0 saturated heterocycles. The predicted molar refractivity (Wildman–Crippen MR) is 26.6 cm³/mol. The molecule has 0 aromatic carbocycles. The summed E-state index contributed by atoms with van der Waals surface area (Å²) in [4.78, 5) is 10.1. The van der Waals surface area contributed by atoms with E-state index in [0.29, 0.717) is 0 Å². The number of hydrogen-bond acceptors (Lipinski definition) is 2. The van der Waals surface area contributed by atoms with E-state index in [1.165, 1.54) is 13.5 Å². The molecule has 0 spiro atoms. The van der Waals surface area contributed by atoms with Gasteiger partial charge in [0.05, 0.1) is 6.61 Å². The molecule has 0 unspecified atom stereocenters. The van der Waals surface area contributed by atoms with Crippen LogP contribution in [0.4, 0.5) is 0 Å². The summed E-state index contributed by atoms with van der Waals surface area (Å²) in [6.45, 7) is 4.93. The molecular weight excluding hydrogens is 181 g/mol. The minimum Gasteiger partial charge on any atom is -0.547 e. The molecule has 0 saturated carbocycles. The number of ether oxygens (including phenoxy) is 1. The Morgan fingerprint density at radius 3 is 2.38 bits per heavy atom. The molecule has 0 amide bonds. The third kappa shape index (κ3) is 9.88. The van der Waals surface area contributed by atoms with E-state index in [2.05, 4.69) is 4.74 Å². The fraction of sp³-hybridized carbons (Fsp3) is 0.600. The normalized spacial score (nSPS) is 7.75. The van der Waals surface area contributed by atoms with Gasteiger partial charge in [0.15, 0.2) is 5.78 Å². The Morgan fingerprint density at radius 2 is 2.25 bits per heavy atom. The zero-order valence-corrected chi connectivity index (χ0v) is 8.02. The van der Waals surface area contributed by atoms with Crippen molar-refractivity contribution in [3.63, 3.8) is 0 Å². The second-order valence-electron chi connectivity index (χ2n) is 1.25. The Hall–Kier alpha value is 0.734. The smallest absolute Gasteiger partial charge is 0.152 e. The van der Waals surface area contributed by atoms with Gasteiger partial charge < -0.3 is 4.74 Å². The van der Waals surface area contributed by atoms with E-state index >= 15 is 0 Å². The molecule has 3 heteroatoms. The van der Waals surface area contributed by atoms with E-state index in [1.807, 2.05) is 0 Å². The van der Waals surface area contributed by atoms with Gasteiger partial charge in [-0.2, -0.15) is 6.92 Å². The van der Waals surface area contributed by atoms with Gasteiger partial charge in [0, 0.05) is 32.7 Å². The molecule has 0 fully saturated rings. The molecule has 0 aromatic heterocycles. The first-order chi connectivity index (χ1) is 3.27. The zero-order chi connectivity index (χ0) is 5.70. The summed E-state index contributed by atoms with van der Waals surface area (Å²) in [5.74, 6) is 0.0538. The van der Waals surface area contributed by atoms with Gasteiger partial charge in [0.1, 0.15) is 0 Å². The van der Waals surface area contributed by atoms with Crippen molar-refractivity contribution in [2.24, 2.45) is 0 Å². The molecule has 0 rings (SSSR count). The van der Waals surface area contributed by atoms with Crippen LogP contribution in [0.25, 0.3) is 0 Å². The van der Waals surface area contributed by atoms with Gasteiger partial charge in [0.2, 0.25) is 0 Å². The van der Waals surface area contributed by atoms with Crippen LogP contribution in [0.2, 0.25) is 0 Å². The van der Waals surface area contributed by atoms with Crippen molar-refractivity contribution >= 4 is 5.78 Å². The number of Topliss-reactive ketones (excluding diaryl/α,β-unsaturated/α-hetero) is 1. The monoisotopic (exact) mass is 190 g/mol. The van der Waals surface area contributed by atoms with Crippen LogP contribution < -0.4 is 0 Å². The van der Waals surface area contributed by atoms with Gasteiger partial charge in [-0.05, 0) is 6.92 Å². The summed E-state index contributed by atoms with van der Waals surface area (Å²) in [6.07, 6.45) is 0. The summed E-state index contributed by atoms with van der Waals surface area (Å²) in [5.41, 5.74) is 0. The first-order valence-corrected chi connectivity index (χ1v) is 2.16. The van der Waals surface area contributed by atoms with Crippen molar-refractivity contribution in [2.75, 3.05) is 6.61 Å². The van der Waals surface area contributed by atoms with Gasteiger partial charge in [-0.25, -0.2) is 6.61 Å². The molecule has 0 heterocycles. The summed E-state index contributed by atoms with van der Waals surface area (Å²) in [5, 5.41) is 0. The molecule has 0 aliphatic heterocycles. The van der Waals surface area contributed by atoms with Crippen molar-refractivity contribution in [2.45, 2.75) is 13.8 Å². The average molecular weight is 190 g/mol. The molecular formula is C5H9O2Y-. The Balaban J connectivity index is 0. The maximum atomic E-state index is 10.1. The van der Waals surface area contributed by atoms with Crippen molar-refractivity contribution in [1.82, 2.24) is 0 Å². The zero-order valence-electron chi connectivity index (χ0n) is 5.18. The van der Waals surface area contributed by atoms with E-state index < -0.39 is 0 Å². The van der Waals surface area contributed by atoms with Gasteiger partial charge in [-0.3, -0.25) is 4.79 Å². The topological polar surface area (TPSA) is 26.3 Å². The van der Waals surface area contributed by atoms with Crippen molar-refractivity contribution in [1.29, 1.82) is 0 Å². The minimum atomic E-state index is 0. The molecule has 2 nitrogen and oxygen atoms in total. The first kappa shape index (κ1) is 11.5. The average Bonchev–Trinajstić information content (AvgIpc) is 1.61. The predicted octanol–water partition coefficient (Wildman–Crippen LogP) is 0.771. The van der Waals surface area contributed by atoms with E-state index in [4.69, 9.17) is 0 Å². The van der Waals surface area contributed by atoms with Crippen LogP contribution in [0, 0.1) is 6.61 Å². The number of carbonyl (C=O) groups excluding carboxylic acids is 1. The van der Waals surface area contributed by atoms with E-state index in [1.54, 1.807) is 6.92 Å². The molecule has 0 aliphatic carbocycles.